The van der Waals surface area contributed by atoms with E-state index in [9.17, 15) is 19.2 Å². The molecule has 0 aromatic heterocycles. The Bertz CT molecular complexity index is 695. The van der Waals surface area contributed by atoms with E-state index in [1.54, 1.807) is 11.8 Å². The van der Waals surface area contributed by atoms with Crippen molar-refractivity contribution in [3.8, 4) is 0 Å². The van der Waals surface area contributed by atoms with Gasteiger partial charge in [-0.2, -0.15) is 0 Å². The zero-order valence-corrected chi connectivity index (χ0v) is 15.3. The maximum Gasteiger partial charge on any atom is 0.308 e. The first-order valence-corrected chi connectivity index (χ1v) is 9.21. The Morgan fingerprint density at radius 3 is 2.73 bits per heavy atom. The van der Waals surface area contributed by atoms with Gasteiger partial charge in [-0.25, -0.2) is 0 Å². The third kappa shape index (κ3) is 5.76. The topological polar surface area (TPSA) is 105 Å². The van der Waals surface area contributed by atoms with Gasteiger partial charge < -0.3 is 20.3 Å². The van der Waals surface area contributed by atoms with Crippen LogP contribution in [-0.4, -0.2) is 55.7 Å². The summed E-state index contributed by atoms with van der Waals surface area (Å²) >= 11 is 1.47. The van der Waals surface area contributed by atoms with E-state index in [4.69, 9.17) is 4.74 Å². The van der Waals surface area contributed by atoms with Gasteiger partial charge >= 0.3 is 5.97 Å². The Hall–Kier alpha value is -2.55. The molecule has 26 heavy (non-hydrogen) atoms. The van der Waals surface area contributed by atoms with Crippen LogP contribution in [0.4, 0.5) is 5.69 Å². The minimum Gasteiger partial charge on any atom is -0.456 e. The number of carbonyl (C=O) groups excluding carboxylic acids is 4. The minimum absolute atomic E-state index is 0.0195. The number of carbonyl (C=O) groups is 4. The van der Waals surface area contributed by atoms with Crippen LogP contribution in [-0.2, 0) is 23.9 Å². The number of hydrogen-bond acceptors (Lipinski definition) is 6. The second kappa shape index (κ2) is 9.81. The lowest BCUT2D eigenvalue weighted by Gasteiger charge is -2.28. The van der Waals surface area contributed by atoms with Crippen LogP contribution in [0, 0.1) is 0 Å². The van der Waals surface area contributed by atoms with Gasteiger partial charge in [0.25, 0.3) is 5.91 Å². The molecule has 1 aliphatic heterocycles. The molecule has 0 saturated carbocycles. The highest BCUT2D eigenvalue weighted by Crippen LogP contribution is 2.34. The number of nitrogens with zero attached hydrogens (tertiary/aromatic N) is 1. The number of hydrogen-bond donors (Lipinski definition) is 2. The number of esters is 1. The quantitative estimate of drug-likeness (QED) is 0.630. The molecular formula is C17H21N3O5S. The molecule has 140 valence electrons. The number of nitrogens with one attached hydrogen (secondary N) is 2. The molecule has 1 aromatic carbocycles. The molecule has 0 atom stereocenters. The standard InChI is InChI=1S/C17H21N3O5S/c1-2-18-14(21)9-19-15(22)10-25-17(24)7-8-20-12-5-3-4-6-13(12)26-11-16(20)23/h3-6H,2,7-11H2,1H3,(H,18,21)(H,19,22). The molecule has 1 aromatic rings. The van der Waals surface area contributed by atoms with Gasteiger partial charge in [0, 0.05) is 18.0 Å². The number of rotatable bonds is 8. The van der Waals surface area contributed by atoms with Gasteiger partial charge in [-0.05, 0) is 19.1 Å². The van der Waals surface area contributed by atoms with Crippen molar-refractivity contribution >= 4 is 41.1 Å². The van der Waals surface area contributed by atoms with E-state index < -0.39 is 18.5 Å². The van der Waals surface area contributed by atoms with E-state index >= 15 is 0 Å². The molecule has 3 amide bonds. The summed E-state index contributed by atoms with van der Waals surface area (Å²) in [5.41, 5.74) is 0.779. The smallest absolute Gasteiger partial charge is 0.308 e. The SMILES string of the molecule is CCNC(=O)CNC(=O)COC(=O)CCN1C(=O)CSc2ccccc21. The number of thioether (sulfide) groups is 1. The molecule has 1 aliphatic rings. The van der Waals surface area contributed by atoms with Crippen molar-refractivity contribution in [1.29, 1.82) is 0 Å². The summed E-state index contributed by atoms with van der Waals surface area (Å²) in [7, 11) is 0. The van der Waals surface area contributed by atoms with Crippen LogP contribution >= 0.6 is 11.8 Å². The van der Waals surface area contributed by atoms with E-state index in [1.807, 2.05) is 24.3 Å². The van der Waals surface area contributed by atoms with Crippen molar-refractivity contribution in [3.05, 3.63) is 24.3 Å². The second-order valence-electron chi connectivity index (χ2n) is 5.44. The first kappa shape index (κ1) is 19.8. The summed E-state index contributed by atoms with van der Waals surface area (Å²) in [6.45, 7) is 1.81. The summed E-state index contributed by atoms with van der Waals surface area (Å²) in [6, 6.07) is 7.49. The Kier molecular flexibility index (Phi) is 7.46. The van der Waals surface area contributed by atoms with Gasteiger partial charge in [0.1, 0.15) is 0 Å². The minimum atomic E-state index is -0.582. The van der Waals surface area contributed by atoms with Crippen molar-refractivity contribution in [2.75, 3.05) is 36.9 Å². The van der Waals surface area contributed by atoms with Crippen LogP contribution in [0.15, 0.2) is 29.2 Å². The molecule has 0 radical (unpaired) electrons. The van der Waals surface area contributed by atoms with Gasteiger partial charge in [-0.15, -0.1) is 11.8 Å². The highest BCUT2D eigenvalue weighted by Gasteiger charge is 2.24. The molecule has 0 bridgehead atoms. The lowest BCUT2D eigenvalue weighted by molar-refractivity contribution is -0.148. The molecule has 0 spiro atoms. The summed E-state index contributed by atoms with van der Waals surface area (Å²) < 4.78 is 4.88. The maximum atomic E-state index is 12.1. The van der Waals surface area contributed by atoms with Crippen molar-refractivity contribution < 1.29 is 23.9 Å². The fourth-order valence-corrected chi connectivity index (χ4v) is 3.25. The van der Waals surface area contributed by atoms with Gasteiger partial charge in [-0.3, -0.25) is 19.2 Å². The molecule has 8 nitrogen and oxygen atoms in total. The lowest BCUT2D eigenvalue weighted by Crippen LogP contribution is -2.39. The number of para-hydroxylation sites is 1. The van der Waals surface area contributed by atoms with Crippen LogP contribution in [0.25, 0.3) is 0 Å². The summed E-state index contributed by atoms with van der Waals surface area (Å²) in [4.78, 5) is 49.2. The highest BCUT2D eigenvalue weighted by molar-refractivity contribution is 8.00. The fourth-order valence-electron chi connectivity index (χ4n) is 2.31. The molecule has 0 aliphatic carbocycles. The van der Waals surface area contributed by atoms with Crippen LogP contribution in [0.5, 0.6) is 0 Å². The van der Waals surface area contributed by atoms with Crippen molar-refractivity contribution in [2.24, 2.45) is 0 Å². The summed E-state index contributed by atoms with van der Waals surface area (Å²) in [5, 5.41) is 4.89. The number of ether oxygens (including phenoxy) is 1. The van der Waals surface area contributed by atoms with Crippen LogP contribution in [0.1, 0.15) is 13.3 Å². The molecule has 0 unspecified atom stereocenters. The number of amides is 3. The average molecular weight is 379 g/mol. The third-order valence-electron chi connectivity index (χ3n) is 3.53. The third-order valence-corrected chi connectivity index (χ3v) is 4.58. The first-order chi connectivity index (χ1) is 12.5. The van der Waals surface area contributed by atoms with E-state index in [0.29, 0.717) is 12.3 Å². The van der Waals surface area contributed by atoms with Gasteiger partial charge in [0.05, 0.1) is 24.4 Å². The molecule has 2 N–H and O–H groups in total. The van der Waals surface area contributed by atoms with Crippen LogP contribution in [0.2, 0.25) is 0 Å². The molecule has 0 saturated heterocycles. The predicted molar refractivity (Wildman–Crippen MR) is 96.8 cm³/mol. The zero-order chi connectivity index (χ0) is 18.9. The Balaban J connectivity index is 1.74. The van der Waals surface area contributed by atoms with Gasteiger partial charge in [0.15, 0.2) is 6.61 Å². The zero-order valence-electron chi connectivity index (χ0n) is 14.4. The monoisotopic (exact) mass is 379 g/mol. The van der Waals surface area contributed by atoms with Crippen molar-refractivity contribution in [2.45, 2.75) is 18.2 Å². The van der Waals surface area contributed by atoms with E-state index in [1.165, 1.54) is 11.8 Å². The van der Waals surface area contributed by atoms with Crippen LogP contribution in [0.3, 0.4) is 0 Å². The lowest BCUT2D eigenvalue weighted by atomic mass is 10.2. The number of anilines is 1. The van der Waals surface area contributed by atoms with E-state index in [0.717, 1.165) is 10.6 Å². The first-order valence-electron chi connectivity index (χ1n) is 8.22. The van der Waals surface area contributed by atoms with Crippen molar-refractivity contribution in [1.82, 2.24) is 10.6 Å². The van der Waals surface area contributed by atoms with Gasteiger partial charge in [0.2, 0.25) is 11.8 Å². The molecule has 0 fully saturated rings. The van der Waals surface area contributed by atoms with Crippen LogP contribution < -0.4 is 15.5 Å². The molecule has 1 heterocycles. The predicted octanol–water partition coefficient (Wildman–Crippen LogP) is 0.311. The summed E-state index contributed by atoms with van der Waals surface area (Å²) in [5.74, 6) is -1.19. The maximum absolute atomic E-state index is 12.1. The molecular weight excluding hydrogens is 358 g/mol. The number of likely N-dealkylation sites (N-methyl/N-ethyl adjacent to an activating group) is 1. The highest BCUT2D eigenvalue weighted by atomic mass is 32.2. The molecule has 9 heteroatoms. The Morgan fingerprint density at radius 1 is 1.19 bits per heavy atom. The average Bonchev–Trinajstić information content (AvgIpc) is 2.64. The Labute approximate surface area is 155 Å². The number of benzene rings is 1. The Morgan fingerprint density at radius 2 is 1.96 bits per heavy atom. The normalized spacial score (nSPS) is 13.0. The van der Waals surface area contributed by atoms with Crippen molar-refractivity contribution in [3.63, 3.8) is 0 Å². The second-order valence-corrected chi connectivity index (χ2v) is 6.46. The summed E-state index contributed by atoms with van der Waals surface area (Å²) in [6.07, 6.45) is -0.0195. The van der Waals surface area contributed by atoms with Gasteiger partial charge in [-0.1, -0.05) is 12.1 Å². The van der Waals surface area contributed by atoms with E-state index in [-0.39, 0.29) is 31.3 Å². The fraction of sp³-hybridized carbons (Fsp3) is 0.412. The number of fused-ring (bicyclic) bond motifs is 1. The largest absolute Gasteiger partial charge is 0.456 e. The van der Waals surface area contributed by atoms with E-state index in [2.05, 4.69) is 10.6 Å². The molecule has 2 rings (SSSR count).